The maximum absolute atomic E-state index is 11.9. The summed E-state index contributed by atoms with van der Waals surface area (Å²) >= 11 is 0. The summed E-state index contributed by atoms with van der Waals surface area (Å²) in [6.07, 6.45) is -0.442. The molecule has 3 N–H and O–H groups in total. The molecule has 0 aliphatic carbocycles. The maximum atomic E-state index is 11.9. The molecular formula is C12H20N2O5Si. The second-order valence-electron chi connectivity index (χ2n) is 6.07. The summed E-state index contributed by atoms with van der Waals surface area (Å²) in [5.41, 5.74) is -0.921. The van der Waals surface area contributed by atoms with Gasteiger partial charge < -0.3 is 14.9 Å². The van der Waals surface area contributed by atoms with Crippen molar-refractivity contribution in [3.8, 4) is 0 Å². The largest absolute Gasteiger partial charge is 0.394 e. The van der Waals surface area contributed by atoms with Crippen molar-refractivity contribution in [3.05, 3.63) is 27.0 Å². The van der Waals surface area contributed by atoms with Crippen LogP contribution in [0, 0.1) is 0 Å². The molecule has 8 heteroatoms. The van der Waals surface area contributed by atoms with Crippen LogP contribution in [0.1, 0.15) is 12.6 Å². The maximum Gasteiger partial charge on any atom is 0.330 e. The third-order valence-corrected chi connectivity index (χ3v) is 5.44. The number of nitrogens with zero attached hydrogens (tertiary/aromatic N) is 1. The van der Waals surface area contributed by atoms with Crippen LogP contribution >= 0.6 is 0 Å². The number of rotatable bonds is 3. The molecule has 1 saturated heterocycles. The second-order valence-corrected chi connectivity index (χ2v) is 11.1. The fourth-order valence-electron chi connectivity index (χ4n) is 2.28. The van der Waals surface area contributed by atoms with Gasteiger partial charge in [0.1, 0.15) is 12.3 Å². The number of H-pyrrole nitrogens is 1. The highest BCUT2D eigenvalue weighted by molar-refractivity contribution is 6.88. The molecule has 7 nitrogen and oxygen atoms in total. The van der Waals surface area contributed by atoms with Gasteiger partial charge in [-0.1, -0.05) is 19.6 Å². The number of aromatic amines is 1. The monoisotopic (exact) mass is 300 g/mol. The van der Waals surface area contributed by atoms with E-state index in [1.165, 1.54) is 10.8 Å². The molecule has 0 radical (unpaired) electrons. The summed E-state index contributed by atoms with van der Waals surface area (Å²) in [6.45, 7) is 5.71. The third-order valence-electron chi connectivity index (χ3n) is 3.47. The number of hydrogen-bond acceptors (Lipinski definition) is 5. The van der Waals surface area contributed by atoms with E-state index in [1.807, 2.05) is 19.6 Å². The van der Waals surface area contributed by atoms with Crippen molar-refractivity contribution in [2.75, 3.05) is 6.61 Å². The second kappa shape index (κ2) is 5.28. The molecule has 0 spiro atoms. The van der Waals surface area contributed by atoms with Crippen molar-refractivity contribution in [1.29, 1.82) is 0 Å². The molecule has 2 rings (SSSR count). The van der Waals surface area contributed by atoms with Gasteiger partial charge in [-0.3, -0.25) is 14.3 Å². The zero-order valence-electron chi connectivity index (χ0n) is 11.8. The molecule has 20 heavy (non-hydrogen) atoms. The van der Waals surface area contributed by atoms with Crippen LogP contribution in [0.15, 0.2) is 15.8 Å². The lowest BCUT2D eigenvalue weighted by atomic mass is 10.2. The van der Waals surface area contributed by atoms with Gasteiger partial charge in [-0.15, -0.1) is 0 Å². The number of nitrogens with one attached hydrogen (secondary N) is 1. The Labute approximate surface area is 116 Å². The first-order valence-corrected chi connectivity index (χ1v) is 10.0. The number of aliphatic hydroxyl groups excluding tert-OH is 2. The van der Waals surface area contributed by atoms with Crippen molar-refractivity contribution in [1.82, 2.24) is 9.55 Å². The molecule has 112 valence electrons. The Morgan fingerprint density at radius 3 is 2.60 bits per heavy atom. The van der Waals surface area contributed by atoms with Crippen LogP contribution in [-0.4, -0.2) is 46.7 Å². The lowest BCUT2D eigenvalue weighted by molar-refractivity contribution is -0.0458. The van der Waals surface area contributed by atoms with E-state index < -0.39 is 32.2 Å². The molecule has 0 amide bonds. The van der Waals surface area contributed by atoms with E-state index in [2.05, 4.69) is 4.98 Å². The van der Waals surface area contributed by atoms with E-state index in [0.717, 1.165) is 0 Å². The zero-order chi connectivity index (χ0) is 15.1. The van der Waals surface area contributed by atoms with Crippen molar-refractivity contribution in [2.24, 2.45) is 0 Å². The molecule has 1 fully saturated rings. The predicted octanol–water partition coefficient (Wildman–Crippen LogP) is -1.28. The first kappa shape index (κ1) is 15.2. The van der Waals surface area contributed by atoms with Gasteiger partial charge in [0.15, 0.2) is 0 Å². The minimum absolute atomic E-state index is 0.211. The molecule has 1 aliphatic heterocycles. The highest BCUT2D eigenvalue weighted by Crippen LogP contribution is 2.26. The Morgan fingerprint density at radius 1 is 1.45 bits per heavy atom. The fourth-order valence-corrected chi connectivity index (χ4v) is 3.55. The molecular weight excluding hydrogens is 280 g/mol. The molecule has 0 saturated carbocycles. The number of aromatic nitrogens is 2. The van der Waals surface area contributed by atoms with E-state index in [-0.39, 0.29) is 18.6 Å². The highest BCUT2D eigenvalue weighted by atomic mass is 28.3. The Balaban J connectivity index is 2.43. The summed E-state index contributed by atoms with van der Waals surface area (Å²) in [6, 6.07) is 0. The lowest BCUT2D eigenvalue weighted by Crippen LogP contribution is -2.52. The average molecular weight is 300 g/mol. The van der Waals surface area contributed by atoms with Gasteiger partial charge in [-0.25, -0.2) is 4.79 Å². The first-order valence-electron chi connectivity index (χ1n) is 6.54. The molecule has 0 bridgehead atoms. The molecule has 1 aliphatic rings. The molecule has 1 unspecified atom stereocenters. The fraction of sp³-hybridized carbons (Fsp3) is 0.667. The van der Waals surface area contributed by atoms with Gasteiger partial charge in [-0.05, 0) is 0 Å². The molecule has 1 aromatic heterocycles. The van der Waals surface area contributed by atoms with E-state index in [1.54, 1.807) is 0 Å². The van der Waals surface area contributed by atoms with E-state index >= 15 is 0 Å². The number of hydrogen-bond donors (Lipinski definition) is 3. The minimum atomic E-state index is -1.90. The molecule has 2 heterocycles. The van der Waals surface area contributed by atoms with E-state index in [9.17, 15) is 14.7 Å². The summed E-state index contributed by atoms with van der Waals surface area (Å²) < 4.78 is 6.75. The summed E-state index contributed by atoms with van der Waals surface area (Å²) in [4.78, 5) is 26.1. The SMILES string of the molecule is C[Si](C)(C)c1cn([C@@H]2CC(O)[C@H](CO)O2)c(=O)[nH]c1=O. The minimum Gasteiger partial charge on any atom is -0.394 e. The van der Waals surface area contributed by atoms with Crippen LogP contribution in [0.4, 0.5) is 0 Å². The number of aliphatic hydroxyl groups is 2. The Kier molecular flexibility index (Phi) is 4.01. The van der Waals surface area contributed by atoms with E-state index in [0.29, 0.717) is 5.19 Å². The lowest BCUT2D eigenvalue weighted by Gasteiger charge is -2.19. The van der Waals surface area contributed by atoms with Crippen molar-refractivity contribution < 1.29 is 14.9 Å². The summed E-state index contributed by atoms with van der Waals surface area (Å²) in [7, 11) is -1.90. The van der Waals surface area contributed by atoms with Gasteiger partial charge >= 0.3 is 5.69 Å². The topological polar surface area (TPSA) is 105 Å². The third kappa shape index (κ3) is 2.78. The quantitative estimate of drug-likeness (QED) is 0.603. The van der Waals surface area contributed by atoms with Crippen LogP contribution in [-0.2, 0) is 4.74 Å². The molecule has 1 aromatic rings. The van der Waals surface area contributed by atoms with Gasteiger partial charge in [-0.2, -0.15) is 0 Å². The Morgan fingerprint density at radius 2 is 2.10 bits per heavy atom. The van der Waals surface area contributed by atoms with Gasteiger partial charge in [0, 0.05) is 17.8 Å². The highest BCUT2D eigenvalue weighted by Gasteiger charge is 2.35. The van der Waals surface area contributed by atoms with Gasteiger partial charge in [0.05, 0.1) is 20.8 Å². The van der Waals surface area contributed by atoms with Crippen LogP contribution in [0.5, 0.6) is 0 Å². The van der Waals surface area contributed by atoms with Crippen LogP contribution in [0.25, 0.3) is 0 Å². The summed E-state index contributed by atoms with van der Waals surface area (Å²) in [5, 5.41) is 19.4. The normalized spacial score (nSPS) is 26.9. The van der Waals surface area contributed by atoms with Crippen LogP contribution in [0.2, 0.25) is 19.6 Å². The molecule has 3 atom stereocenters. The van der Waals surface area contributed by atoms with Crippen LogP contribution in [0.3, 0.4) is 0 Å². The van der Waals surface area contributed by atoms with Crippen molar-refractivity contribution in [2.45, 2.75) is 44.5 Å². The Bertz CT molecular complexity index is 603. The average Bonchev–Trinajstić information content (AvgIpc) is 2.68. The van der Waals surface area contributed by atoms with E-state index in [4.69, 9.17) is 9.84 Å². The molecule has 0 aromatic carbocycles. The van der Waals surface area contributed by atoms with Gasteiger partial charge in [0.25, 0.3) is 5.56 Å². The zero-order valence-corrected chi connectivity index (χ0v) is 12.8. The smallest absolute Gasteiger partial charge is 0.330 e. The van der Waals surface area contributed by atoms with Crippen molar-refractivity contribution >= 4 is 13.3 Å². The van der Waals surface area contributed by atoms with Gasteiger partial charge in [0.2, 0.25) is 0 Å². The first-order chi connectivity index (χ1) is 9.24. The van der Waals surface area contributed by atoms with Crippen molar-refractivity contribution in [3.63, 3.8) is 0 Å². The Hall–Kier alpha value is -1.22. The standard InChI is InChI=1S/C12H20N2O5Si/c1-20(2,3)9-5-14(12(18)13-11(9)17)10-4-7(16)8(6-15)19-10/h5,7-8,10,15-16H,4,6H2,1-3H3,(H,13,17,18)/t7?,8-,10-/m0/s1. The predicted molar refractivity (Wildman–Crippen MR) is 75.9 cm³/mol. The van der Waals surface area contributed by atoms with Crippen LogP contribution < -0.4 is 16.4 Å². The number of ether oxygens (including phenoxy) is 1. The summed E-state index contributed by atoms with van der Waals surface area (Å²) in [5.74, 6) is 0.